The zero-order valence-electron chi connectivity index (χ0n) is 12.0. The predicted octanol–water partition coefficient (Wildman–Crippen LogP) is 4.64. The normalized spacial score (nSPS) is 10.7. The molecule has 0 radical (unpaired) electrons. The lowest BCUT2D eigenvalue weighted by Crippen LogP contribution is -1.92. The first-order valence-electron chi connectivity index (χ1n) is 7.11. The fourth-order valence-corrected chi connectivity index (χ4v) is 2.20. The standard InChI is InChI=1S/C20H15NO/c22-20(19-4-2-1-3-5-19)11-8-16-6-9-17(10-7-16)18-12-14-21-15-13-18/h1-15H/b11-8+. The minimum atomic E-state index is 0.0128. The number of rotatable bonds is 4. The topological polar surface area (TPSA) is 30.0 Å². The largest absolute Gasteiger partial charge is 0.289 e. The zero-order valence-corrected chi connectivity index (χ0v) is 12.0. The van der Waals surface area contributed by atoms with E-state index >= 15 is 0 Å². The number of carbonyl (C=O) groups is 1. The molecule has 0 aliphatic rings. The highest BCUT2D eigenvalue weighted by Crippen LogP contribution is 2.19. The summed E-state index contributed by atoms with van der Waals surface area (Å²) in [6.07, 6.45) is 7.01. The van der Waals surface area contributed by atoms with E-state index in [2.05, 4.69) is 4.98 Å². The van der Waals surface area contributed by atoms with Crippen LogP contribution in [0.3, 0.4) is 0 Å². The van der Waals surface area contributed by atoms with Crippen molar-refractivity contribution < 1.29 is 4.79 Å². The molecule has 1 heterocycles. The third-order valence-electron chi connectivity index (χ3n) is 3.41. The van der Waals surface area contributed by atoms with E-state index in [1.807, 2.05) is 72.8 Å². The Morgan fingerprint density at radius 2 is 1.41 bits per heavy atom. The zero-order chi connectivity index (χ0) is 15.2. The van der Waals surface area contributed by atoms with E-state index in [1.54, 1.807) is 18.5 Å². The molecular weight excluding hydrogens is 270 g/mol. The van der Waals surface area contributed by atoms with Crippen molar-refractivity contribution in [1.29, 1.82) is 0 Å². The Kier molecular flexibility index (Phi) is 4.21. The monoisotopic (exact) mass is 285 g/mol. The van der Waals surface area contributed by atoms with Gasteiger partial charge in [-0.2, -0.15) is 0 Å². The van der Waals surface area contributed by atoms with Crippen molar-refractivity contribution in [1.82, 2.24) is 4.98 Å². The number of hydrogen-bond donors (Lipinski definition) is 0. The average Bonchev–Trinajstić information content (AvgIpc) is 2.61. The van der Waals surface area contributed by atoms with Gasteiger partial charge in [0.1, 0.15) is 0 Å². The summed E-state index contributed by atoms with van der Waals surface area (Å²) in [6, 6.07) is 21.3. The van der Waals surface area contributed by atoms with Gasteiger partial charge < -0.3 is 0 Å². The molecule has 2 aromatic carbocycles. The van der Waals surface area contributed by atoms with Crippen molar-refractivity contribution in [3.05, 3.63) is 96.3 Å². The highest BCUT2D eigenvalue weighted by molar-refractivity contribution is 6.06. The maximum atomic E-state index is 12.0. The summed E-state index contributed by atoms with van der Waals surface area (Å²) in [4.78, 5) is 16.0. The van der Waals surface area contributed by atoms with Crippen LogP contribution in [0.5, 0.6) is 0 Å². The number of nitrogens with zero attached hydrogens (tertiary/aromatic N) is 1. The van der Waals surface area contributed by atoms with Crippen LogP contribution in [0.15, 0.2) is 85.2 Å². The summed E-state index contributed by atoms with van der Waals surface area (Å²) in [5.74, 6) is 0.0128. The van der Waals surface area contributed by atoms with Gasteiger partial charge in [-0.3, -0.25) is 9.78 Å². The molecule has 0 aliphatic carbocycles. The molecule has 0 unspecified atom stereocenters. The van der Waals surface area contributed by atoms with Gasteiger partial charge in [-0.1, -0.05) is 60.7 Å². The lowest BCUT2D eigenvalue weighted by Gasteiger charge is -2.01. The first-order valence-corrected chi connectivity index (χ1v) is 7.11. The molecule has 2 nitrogen and oxygen atoms in total. The Labute approximate surface area is 129 Å². The van der Waals surface area contributed by atoms with Gasteiger partial charge in [0, 0.05) is 18.0 Å². The van der Waals surface area contributed by atoms with Crippen LogP contribution in [-0.4, -0.2) is 10.8 Å². The minimum absolute atomic E-state index is 0.0128. The molecule has 0 aliphatic heterocycles. The highest BCUT2D eigenvalue weighted by atomic mass is 16.1. The molecule has 106 valence electrons. The Morgan fingerprint density at radius 3 is 2.09 bits per heavy atom. The van der Waals surface area contributed by atoms with E-state index < -0.39 is 0 Å². The molecule has 0 fully saturated rings. The SMILES string of the molecule is O=C(/C=C/c1ccc(-c2ccncc2)cc1)c1ccccc1. The number of pyridine rings is 1. The number of aromatic nitrogens is 1. The Balaban J connectivity index is 1.74. The van der Waals surface area contributed by atoms with E-state index in [1.165, 1.54) is 0 Å². The van der Waals surface area contributed by atoms with Crippen molar-refractivity contribution in [3.63, 3.8) is 0 Å². The van der Waals surface area contributed by atoms with E-state index in [4.69, 9.17) is 0 Å². The highest BCUT2D eigenvalue weighted by Gasteiger charge is 2.00. The summed E-state index contributed by atoms with van der Waals surface area (Å²) < 4.78 is 0. The molecule has 0 N–H and O–H groups in total. The van der Waals surface area contributed by atoms with Gasteiger partial charge in [-0.15, -0.1) is 0 Å². The van der Waals surface area contributed by atoms with Crippen molar-refractivity contribution in [2.75, 3.05) is 0 Å². The predicted molar refractivity (Wildman–Crippen MR) is 89.5 cm³/mol. The quantitative estimate of drug-likeness (QED) is 0.516. The molecule has 3 aromatic rings. The van der Waals surface area contributed by atoms with Crippen LogP contribution in [0, 0.1) is 0 Å². The third kappa shape index (κ3) is 3.36. The van der Waals surface area contributed by atoms with Crippen LogP contribution in [0.4, 0.5) is 0 Å². The second-order valence-electron chi connectivity index (χ2n) is 4.92. The van der Waals surface area contributed by atoms with Gasteiger partial charge in [0.15, 0.2) is 5.78 Å². The van der Waals surface area contributed by atoms with Crippen LogP contribution >= 0.6 is 0 Å². The van der Waals surface area contributed by atoms with Crippen LogP contribution in [-0.2, 0) is 0 Å². The number of ketones is 1. The lowest BCUT2D eigenvalue weighted by atomic mass is 10.0. The molecule has 0 bridgehead atoms. The molecule has 0 amide bonds. The Bertz CT molecular complexity index is 775. The van der Waals surface area contributed by atoms with E-state index in [9.17, 15) is 4.79 Å². The maximum Gasteiger partial charge on any atom is 0.185 e. The summed E-state index contributed by atoms with van der Waals surface area (Å²) in [5.41, 5.74) is 3.97. The number of hydrogen-bond acceptors (Lipinski definition) is 2. The molecule has 3 rings (SSSR count). The number of benzene rings is 2. The number of allylic oxidation sites excluding steroid dienone is 1. The smallest absolute Gasteiger partial charge is 0.185 e. The minimum Gasteiger partial charge on any atom is -0.289 e. The van der Waals surface area contributed by atoms with Gasteiger partial charge >= 0.3 is 0 Å². The molecule has 1 aromatic heterocycles. The fraction of sp³-hybridized carbons (Fsp3) is 0. The van der Waals surface area contributed by atoms with Crippen molar-refractivity contribution in [2.24, 2.45) is 0 Å². The molecule has 2 heteroatoms. The van der Waals surface area contributed by atoms with Gasteiger partial charge in [-0.05, 0) is 34.9 Å². The number of carbonyl (C=O) groups excluding carboxylic acids is 1. The average molecular weight is 285 g/mol. The van der Waals surface area contributed by atoms with Gasteiger partial charge in [-0.25, -0.2) is 0 Å². The Morgan fingerprint density at radius 1 is 0.773 bits per heavy atom. The fourth-order valence-electron chi connectivity index (χ4n) is 2.20. The van der Waals surface area contributed by atoms with Gasteiger partial charge in [0.2, 0.25) is 0 Å². The van der Waals surface area contributed by atoms with Crippen molar-refractivity contribution >= 4 is 11.9 Å². The van der Waals surface area contributed by atoms with E-state index in [-0.39, 0.29) is 5.78 Å². The molecule has 0 saturated carbocycles. The summed E-state index contributed by atoms with van der Waals surface area (Å²) in [5, 5.41) is 0. The van der Waals surface area contributed by atoms with Crippen LogP contribution in [0.25, 0.3) is 17.2 Å². The summed E-state index contributed by atoms with van der Waals surface area (Å²) in [7, 11) is 0. The van der Waals surface area contributed by atoms with E-state index in [0.29, 0.717) is 5.56 Å². The second-order valence-corrected chi connectivity index (χ2v) is 4.92. The first-order chi connectivity index (χ1) is 10.8. The second kappa shape index (κ2) is 6.64. The third-order valence-corrected chi connectivity index (χ3v) is 3.41. The van der Waals surface area contributed by atoms with Gasteiger partial charge in [0.25, 0.3) is 0 Å². The molecule has 0 spiro atoms. The summed E-state index contributed by atoms with van der Waals surface area (Å²) in [6.45, 7) is 0. The van der Waals surface area contributed by atoms with Gasteiger partial charge in [0.05, 0.1) is 0 Å². The summed E-state index contributed by atoms with van der Waals surface area (Å²) >= 11 is 0. The maximum absolute atomic E-state index is 12.0. The van der Waals surface area contributed by atoms with Crippen LogP contribution in [0.2, 0.25) is 0 Å². The van der Waals surface area contributed by atoms with Crippen molar-refractivity contribution in [2.45, 2.75) is 0 Å². The molecular formula is C20H15NO. The Hall–Kier alpha value is -3.00. The van der Waals surface area contributed by atoms with Crippen molar-refractivity contribution in [3.8, 4) is 11.1 Å². The molecule has 0 atom stereocenters. The first kappa shape index (κ1) is 14.0. The van der Waals surface area contributed by atoms with E-state index in [0.717, 1.165) is 16.7 Å². The van der Waals surface area contributed by atoms with Crippen LogP contribution in [0.1, 0.15) is 15.9 Å². The van der Waals surface area contributed by atoms with Crippen LogP contribution < -0.4 is 0 Å². The molecule has 0 saturated heterocycles. The molecule has 22 heavy (non-hydrogen) atoms. The lowest BCUT2D eigenvalue weighted by molar-refractivity contribution is 0.104.